The van der Waals surface area contributed by atoms with E-state index in [0.717, 1.165) is 40.3 Å². The molecule has 0 atom stereocenters. The van der Waals surface area contributed by atoms with Crippen molar-refractivity contribution >= 4 is 28.6 Å². The lowest BCUT2D eigenvalue weighted by Gasteiger charge is -2.16. The minimum absolute atomic E-state index is 0.0995. The van der Waals surface area contributed by atoms with Crippen LogP contribution in [0, 0.1) is 6.92 Å². The largest absolute Gasteiger partial charge is 0.354 e. The van der Waals surface area contributed by atoms with Gasteiger partial charge in [0, 0.05) is 23.5 Å². The third kappa shape index (κ3) is 4.75. The Morgan fingerprint density at radius 3 is 2.26 bits per heavy atom. The summed E-state index contributed by atoms with van der Waals surface area (Å²) in [4.78, 5) is 15.5. The van der Waals surface area contributed by atoms with E-state index in [0.29, 0.717) is 5.57 Å². The summed E-state index contributed by atoms with van der Waals surface area (Å²) in [6.45, 7) is 2.99. The van der Waals surface area contributed by atoms with Crippen LogP contribution in [0.25, 0.3) is 22.4 Å². The summed E-state index contributed by atoms with van der Waals surface area (Å²) < 4.78 is 0. The van der Waals surface area contributed by atoms with Crippen molar-refractivity contribution in [3.05, 3.63) is 119 Å². The quantitative estimate of drug-likeness (QED) is 0.317. The van der Waals surface area contributed by atoms with Gasteiger partial charge < -0.3 is 15.5 Å². The van der Waals surface area contributed by atoms with Gasteiger partial charge in [-0.3, -0.25) is 4.79 Å². The molecule has 0 spiro atoms. The Labute approximate surface area is 206 Å². The number of hydrogen-bond donors (Lipinski definition) is 2. The zero-order chi connectivity index (χ0) is 24.4. The third-order valence-electron chi connectivity index (χ3n) is 6.25. The van der Waals surface area contributed by atoms with Crippen molar-refractivity contribution in [1.29, 1.82) is 0 Å². The average Bonchev–Trinajstić information content (AvgIpc) is 3.18. The van der Waals surface area contributed by atoms with Gasteiger partial charge in [-0.15, -0.1) is 0 Å². The first-order valence-electron chi connectivity index (χ1n) is 11.8. The fourth-order valence-corrected chi connectivity index (χ4v) is 4.57. The summed E-state index contributed by atoms with van der Waals surface area (Å²) in [5, 5.41) is 6.65. The number of nitrogens with zero attached hydrogens (tertiary/aromatic N) is 1. The van der Waals surface area contributed by atoms with Gasteiger partial charge in [0.25, 0.3) is 5.91 Å². The number of anilines is 2. The molecule has 1 amide bonds. The number of nitrogens with one attached hydrogen (secondary N) is 2. The van der Waals surface area contributed by atoms with E-state index in [9.17, 15) is 4.79 Å². The second-order valence-electron chi connectivity index (χ2n) is 9.21. The Hall–Kier alpha value is -4.15. The smallest absolute Gasteiger partial charge is 0.258 e. The molecule has 1 aliphatic rings. The zero-order valence-corrected chi connectivity index (χ0v) is 20.3. The van der Waals surface area contributed by atoms with Gasteiger partial charge in [0.1, 0.15) is 0 Å². The van der Waals surface area contributed by atoms with Crippen LogP contribution in [0.3, 0.4) is 0 Å². The molecule has 174 valence electrons. The van der Waals surface area contributed by atoms with Crippen LogP contribution < -0.4 is 10.6 Å². The van der Waals surface area contributed by atoms with Gasteiger partial charge in [-0.1, -0.05) is 78.9 Å². The van der Waals surface area contributed by atoms with E-state index in [-0.39, 0.29) is 5.91 Å². The summed E-state index contributed by atoms with van der Waals surface area (Å²) in [6.07, 6.45) is 0. The molecule has 0 fully saturated rings. The summed E-state index contributed by atoms with van der Waals surface area (Å²) in [5.41, 5.74) is 9.80. The van der Waals surface area contributed by atoms with E-state index in [1.54, 1.807) is 0 Å². The lowest BCUT2D eigenvalue weighted by atomic mass is 9.95. The maximum atomic E-state index is 13.3. The van der Waals surface area contributed by atoms with Crippen LogP contribution in [0.1, 0.15) is 22.3 Å². The van der Waals surface area contributed by atoms with Crippen LogP contribution in [-0.2, 0) is 11.3 Å². The van der Waals surface area contributed by atoms with Crippen molar-refractivity contribution in [2.75, 3.05) is 24.7 Å². The van der Waals surface area contributed by atoms with Gasteiger partial charge in [0.2, 0.25) is 0 Å². The predicted molar refractivity (Wildman–Crippen MR) is 146 cm³/mol. The Morgan fingerprint density at radius 2 is 1.54 bits per heavy atom. The van der Waals surface area contributed by atoms with E-state index in [1.807, 2.05) is 42.5 Å². The molecule has 4 aromatic rings. The minimum Gasteiger partial charge on any atom is -0.354 e. The molecule has 4 nitrogen and oxygen atoms in total. The van der Waals surface area contributed by atoms with E-state index in [2.05, 4.69) is 91.1 Å². The lowest BCUT2D eigenvalue weighted by molar-refractivity contribution is -0.110. The van der Waals surface area contributed by atoms with Gasteiger partial charge in [-0.05, 0) is 67.0 Å². The highest BCUT2D eigenvalue weighted by Gasteiger charge is 2.29. The van der Waals surface area contributed by atoms with Crippen LogP contribution in [0.5, 0.6) is 0 Å². The third-order valence-corrected chi connectivity index (χ3v) is 6.25. The second kappa shape index (κ2) is 9.61. The van der Waals surface area contributed by atoms with Crippen molar-refractivity contribution < 1.29 is 4.79 Å². The van der Waals surface area contributed by atoms with Crippen LogP contribution in [0.2, 0.25) is 0 Å². The first-order chi connectivity index (χ1) is 17.0. The van der Waals surface area contributed by atoms with Crippen LogP contribution in [0.15, 0.2) is 97.1 Å². The van der Waals surface area contributed by atoms with Gasteiger partial charge in [-0.25, -0.2) is 0 Å². The van der Waals surface area contributed by atoms with E-state index < -0.39 is 0 Å². The standard InChI is InChI=1S/C31H29N3O/c1-21-9-7-8-12-26(21)24-15-18-27-28(19-24)33-31(35)29(27)30(23-10-5-4-6-11-23)32-25-16-13-22(14-17-25)20-34(2)3/h4-19,32H,20H2,1-3H3,(H,33,35). The molecular weight excluding hydrogens is 430 g/mol. The van der Waals surface area contributed by atoms with Crippen molar-refractivity contribution in [3.8, 4) is 11.1 Å². The Bertz CT molecular complexity index is 1400. The summed E-state index contributed by atoms with van der Waals surface area (Å²) in [7, 11) is 4.12. The van der Waals surface area contributed by atoms with Crippen molar-refractivity contribution in [2.24, 2.45) is 0 Å². The molecule has 4 heteroatoms. The molecule has 0 unspecified atom stereocenters. The normalized spacial score (nSPS) is 14.0. The number of rotatable bonds is 6. The zero-order valence-electron chi connectivity index (χ0n) is 20.3. The summed E-state index contributed by atoms with van der Waals surface area (Å²) in [5.74, 6) is -0.0995. The first kappa shape index (κ1) is 22.6. The first-order valence-corrected chi connectivity index (χ1v) is 11.8. The highest BCUT2D eigenvalue weighted by Crippen LogP contribution is 2.40. The van der Waals surface area contributed by atoms with E-state index in [4.69, 9.17) is 0 Å². The van der Waals surface area contributed by atoms with Gasteiger partial charge >= 0.3 is 0 Å². The second-order valence-corrected chi connectivity index (χ2v) is 9.21. The molecule has 0 saturated carbocycles. The Morgan fingerprint density at radius 1 is 0.829 bits per heavy atom. The predicted octanol–water partition coefficient (Wildman–Crippen LogP) is 6.66. The van der Waals surface area contributed by atoms with Crippen molar-refractivity contribution in [2.45, 2.75) is 13.5 Å². The lowest BCUT2D eigenvalue weighted by Crippen LogP contribution is -2.11. The number of hydrogen-bond acceptors (Lipinski definition) is 3. The topological polar surface area (TPSA) is 44.4 Å². The molecule has 35 heavy (non-hydrogen) atoms. The van der Waals surface area contributed by atoms with Crippen molar-refractivity contribution in [3.63, 3.8) is 0 Å². The molecule has 0 saturated heterocycles. The van der Waals surface area contributed by atoms with Gasteiger partial charge in [0.15, 0.2) is 0 Å². The van der Waals surface area contributed by atoms with Crippen molar-refractivity contribution in [1.82, 2.24) is 4.90 Å². The van der Waals surface area contributed by atoms with Gasteiger partial charge in [0.05, 0.1) is 11.3 Å². The number of carbonyl (C=O) groups is 1. The summed E-state index contributed by atoms with van der Waals surface area (Å²) >= 11 is 0. The van der Waals surface area contributed by atoms with Crippen LogP contribution in [-0.4, -0.2) is 24.9 Å². The SMILES string of the molecule is Cc1ccccc1-c1ccc2c(c1)NC(=O)C2=C(Nc1ccc(CN(C)C)cc1)c1ccccc1. The number of carbonyl (C=O) groups excluding carboxylic acids is 1. The average molecular weight is 460 g/mol. The maximum absolute atomic E-state index is 13.3. The maximum Gasteiger partial charge on any atom is 0.258 e. The number of fused-ring (bicyclic) bond motifs is 1. The number of amides is 1. The number of benzene rings is 4. The molecule has 0 radical (unpaired) electrons. The minimum atomic E-state index is -0.0995. The molecule has 2 N–H and O–H groups in total. The fraction of sp³-hybridized carbons (Fsp3) is 0.129. The molecule has 1 heterocycles. The molecule has 5 rings (SSSR count). The monoisotopic (exact) mass is 459 g/mol. The van der Waals surface area contributed by atoms with Crippen LogP contribution in [0.4, 0.5) is 11.4 Å². The molecular formula is C31H29N3O. The van der Waals surface area contributed by atoms with Crippen LogP contribution >= 0.6 is 0 Å². The molecule has 1 aliphatic heterocycles. The summed E-state index contributed by atoms with van der Waals surface area (Å²) in [6, 6.07) is 32.9. The van der Waals surface area contributed by atoms with Gasteiger partial charge in [-0.2, -0.15) is 0 Å². The highest BCUT2D eigenvalue weighted by atomic mass is 16.2. The molecule has 0 bridgehead atoms. The Balaban J connectivity index is 1.58. The van der Waals surface area contributed by atoms with E-state index in [1.165, 1.54) is 16.7 Å². The number of aryl methyl sites for hydroxylation is 1. The Kier molecular flexibility index (Phi) is 6.21. The fourth-order valence-electron chi connectivity index (χ4n) is 4.57. The molecule has 4 aromatic carbocycles. The molecule has 0 aromatic heterocycles. The molecule has 0 aliphatic carbocycles. The van der Waals surface area contributed by atoms with E-state index >= 15 is 0 Å². The highest BCUT2D eigenvalue weighted by molar-refractivity contribution is 6.37.